The normalized spacial score (nSPS) is 10.9. The molecule has 33 heavy (non-hydrogen) atoms. The minimum atomic E-state index is -3.73. The van der Waals surface area contributed by atoms with E-state index in [0.717, 1.165) is 5.56 Å². The molecule has 0 bridgehead atoms. The van der Waals surface area contributed by atoms with Gasteiger partial charge < -0.3 is 10.1 Å². The van der Waals surface area contributed by atoms with Crippen LogP contribution in [0.1, 0.15) is 15.9 Å². The third-order valence-corrected chi connectivity index (χ3v) is 6.22. The molecule has 7 heteroatoms. The number of hydrogen-bond acceptors (Lipinski definition) is 4. The van der Waals surface area contributed by atoms with Crippen molar-refractivity contribution in [2.75, 3.05) is 10.0 Å². The van der Waals surface area contributed by atoms with Crippen LogP contribution in [0.25, 0.3) is 0 Å². The Labute approximate surface area is 192 Å². The van der Waals surface area contributed by atoms with Crippen LogP contribution in [0.2, 0.25) is 0 Å². The highest BCUT2D eigenvalue weighted by atomic mass is 32.2. The van der Waals surface area contributed by atoms with E-state index in [1.165, 1.54) is 12.1 Å². The molecule has 0 radical (unpaired) electrons. The Kier molecular flexibility index (Phi) is 6.71. The summed E-state index contributed by atoms with van der Waals surface area (Å²) in [4.78, 5) is 13.1. The Morgan fingerprint density at radius 1 is 0.727 bits per heavy atom. The Morgan fingerprint density at radius 2 is 1.36 bits per heavy atom. The van der Waals surface area contributed by atoms with Crippen LogP contribution < -0.4 is 14.8 Å². The maximum atomic E-state index is 13.0. The fraction of sp³-hybridized carbons (Fsp3) is 0.0385. The zero-order valence-corrected chi connectivity index (χ0v) is 18.5. The zero-order chi connectivity index (χ0) is 23.1. The predicted molar refractivity (Wildman–Crippen MR) is 129 cm³/mol. The summed E-state index contributed by atoms with van der Waals surface area (Å²) < 4.78 is 33.5. The van der Waals surface area contributed by atoms with E-state index in [-0.39, 0.29) is 17.4 Å². The van der Waals surface area contributed by atoms with Gasteiger partial charge in [-0.25, -0.2) is 8.42 Å². The third kappa shape index (κ3) is 5.78. The summed E-state index contributed by atoms with van der Waals surface area (Å²) in [5.41, 5.74) is 2.02. The van der Waals surface area contributed by atoms with Crippen LogP contribution in [0.5, 0.6) is 5.75 Å². The number of carbonyl (C=O) groups excluding carboxylic acids is 1. The molecule has 1 amide bonds. The largest absolute Gasteiger partial charge is 0.489 e. The van der Waals surface area contributed by atoms with Crippen molar-refractivity contribution in [2.24, 2.45) is 0 Å². The monoisotopic (exact) mass is 458 g/mol. The van der Waals surface area contributed by atoms with Crippen molar-refractivity contribution in [1.82, 2.24) is 0 Å². The van der Waals surface area contributed by atoms with Gasteiger partial charge in [0.05, 0.1) is 10.6 Å². The van der Waals surface area contributed by atoms with Crippen LogP contribution >= 0.6 is 0 Å². The van der Waals surface area contributed by atoms with Gasteiger partial charge in [0.2, 0.25) is 0 Å². The van der Waals surface area contributed by atoms with Crippen molar-refractivity contribution in [3.8, 4) is 5.75 Å². The smallest absolute Gasteiger partial charge is 0.261 e. The number of benzene rings is 4. The van der Waals surface area contributed by atoms with E-state index in [1.807, 2.05) is 42.5 Å². The Hall–Kier alpha value is -4.10. The topological polar surface area (TPSA) is 84.5 Å². The first-order valence-electron chi connectivity index (χ1n) is 10.3. The second-order valence-electron chi connectivity index (χ2n) is 7.21. The lowest BCUT2D eigenvalue weighted by Gasteiger charge is -2.13. The van der Waals surface area contributed by atoms with Gasteiger partial charge in [-0.05, 0) is 48.5 Å². The van der Waals surface area contributed by atoms with Gasteiger partial charge in [0.25, 0.3) is 15.9 Å². The summed E-state index contributed by atoms with van der Waals surface area (Å²) in [6.45, 7) is 0.241. The molecule has 4 aromatic carbocycles. The van der Waals surface area contributed by atoms with Crippen LogP contribution in [0.4, 0.5) is 11.4 Å². The van der Waals surface area contributed by atoms with Gasteiger partial charge >= 0.3 is 0 Å². The molecule has 0 spiro atoms. The molecule has 0 aliphatic heterocycles. The Bertz CT molecular complexity index is 1340. The molecule has 0 saturated heterocycles. The summed E-state index contributed by atoms with van der Waals surface area (Å²) in [7, 11) is -3.73. The molecule has 2 N–H and O–H groups in total. The van der Waals surface area contributed by atoms with Crippen molar-refractivity contribution in [1.29, 1.82) is 0 Å². The van der Waals surface area contributed by atoms with Crippen LogP contribution in [0, 0.1) is 0 Å². The molecular weight excluding hydrogens is 436 g/mol. The summed E-state index contributed by atoms with van der Waals surface area (Å²) in [6, 6.07) is 31.2. The van der Waals surface area contributed by atoms with Crippen molar-refractivity contribution in [3.05, 3.63) is 120 Å². The van der Waals surface area contributed by atoms with E-state index in [1.54, 1.807) is 54.6 Å². The lowest BCUT2D eigenvalue weighted by Crippen LogP contribution is -2.16. The molecule has 4 rings (SSSR count). The number of hydrogen-bond donors (Lipinski definition) is 2. The van der Waals surface area contributed by atoms with Gasteiger partial charge in [0, 0.05) is 16.8 Å². The van der Waals surface area contributed by atoms with E-state index in [4.69, 9.17) is 4.74 Å². The molecule has 0 aromatic heterocycles. The highest BCUT2D eigenvalue weighted by Gasteiger charge is 2.15. The lowest BCUT2D eigenvalue weighted by atomic mass is 10.1. The van der Waals surface area contributed by atoms with Crippen LogP contribution in [0.15, 0.2) is 114 Å². The number of para-hydroxylation sites is 1. The van der Waals surface area contributed by atoms with Crippen molar-refractivity contribution < 1.29 is 17.9 Å². The second-order valence-corrected chi connectivity index (χ2v) is 8.89. The molecule has 0 unspecified atom stereocenters. The molecule has 0 aliphatic rings. The number of sulfonamides is 1. The quantitative estimate of drug-likeness (QED) is 0.374. The molecule has 0 saturated carbocycles. The van der Waals surface area contributed by atoms with Crippen LogP contribution in [0.3, 0.4) is 0 Å². The number of carbonyl (C=O) groups is 1. The molecule has 0 heterocycles. The predicted octanol–water partition coefficient (Wildman–Crippen LogP) is 5.32. The number of nitrogens with one attached hydrogen (secondary N) is 2. The fourth-order valence-electron chi connectivity index (χ4n) is 3.22. The second kappa shape index (κ2) is 10.0. The highest BCUT2D eigenvalue weighted by molar-refractivity contribution is 7.92. The van der Waals surface area contributed by atoms with Crippen molar-refractivity contribution in [2.45, 2.75) is 11.5 Å². The minimum absolute atomic E-state index is 0.159. The van der Waals surface area contributed by atoms with Crippen molar-refractivity contribution in [3.63, 3.8) is 0 Å². The Balaban J connectivity index is 1.47. The number of rotatable bonds is 8. The summed E-state index contributed by atoms with van der Waals surface area (Å²) in [5, 5.41) is 2.83. The molecule has 4 aromatic rings. The Morgan fingerprint density at radius 3 is 2.12 bits per heavy atom. The lowest BCUT2D eigenvalue weighted by molar-refractivity contribution is 0.102. The van der Waals surface area contributed by atoms with Crippen molar-refractivity contribution >= 4 is 27.3 Å². The first-order valence-corrected chi connectivity index (χ1v) is 11.7. The summed E-state index contributed by atoms with van der Waals surface area (Å²) in [6.07, 6.45) is 0. The van der Waals surface area contributed by atoms with Gasteiger partial charge in [-0.2, -0.15) is 0 Å². The standard InChI is InChI=1S/C26H22N2O4S/c29-26(25-17-8-7-10-20(25)19-32-23-13-3-1-4-14-23)27-21-11-9-12-22(18-21)28-33(30,31)24-15-5-2-6-16-24/h1-18,28H,19H2,(H,27,29). The number of ether oxygens (including phenoxy) is 1. The molecule has 166 valence electrons. The summed E-state index contributed by atoms with van der Waals surface area (Å²) in [5.74, 6) is 0.399. The van der Waals surface area contributed by atoms with E-state index in [9.17, 15) is 13.2 Å². The maximum absolute atomic E-state index is 13.0. The molecule has 6 nitrogen and oxygen atoms in total. The van der Waals surface area contributed by atoms with Gasteiger partial charge in [-0.3, -0.25) is 9.52 Å². The first kappa shape index (κ1) is 22.1. The third-order valence-electron chi connectivity index (χ3n) is 4.83. The van der Waals surface area contributed by atoms with E-state index >= 15 is 0 Å². The first-order chi connectivity index (χ1) is 16.0. The van der Waals surface area contributed by atoms with Gasteiger partial charge in [0.15, 0.2) is 0 Å². The molecular formula is C26H22N2O4S. The SMILES string of the molecule is O=C(Nc1cccc(NS(=O)(=O)c2ccccc2)c1)c1ccccc1COc1ccccc1. The van der Waals surface area contributed by atoms with Crippen LogP contribution in [-0.2, 0) is 16.6 Å². The minimum Gasteiger partial charge on any atom is -0.489 e. The zero-order valence-electron chi connectivity index (χ0n) is 17.6. The molecule has 0 aliphatic carbocycles. The fourth-order valence-corrected chi connectivity index (χ4v) is 4.29. The average Bonchev–Trinajstić information content (AvgIpc) is 2.84. The summed E-state index contributed by atoms with van der Waals surface area (Å²) >= 11 is 0. The van der Waals surface area contributed by atoms with Gasteiger partial charge in [-0.15, -0.1) is 0 Å². The molecule has 0 atom stereocenters. The van der Waals surface area contributed by atoms with Gasteiger partial charge in [0.1, 0.15) is 12.4 Å². The highest BCUT2D eigenvalue weighted by Crippen LogP contribution is 2.21. The average molecular weight is 459 g/mol. The number of anilines is 2. The van der Waals surface area contributed by atoms with E-state index in [0.29, 0.717) is 22.7 Å². The molecule has 0 fully saturated rings. The van der Waals surface area contributed by atoms with Gasteiger partial charge in [-0.1, -0.05) is 60.7 Å². The maximum Gasteiger partial charge on any atom is 0.261 e. The van der Waals surface area contributed by atoms with E-state index in [2.05, 4.69) is 10.0 Å². The number of amides is 1. The van der Waals surface area contributed by atoms with E-state index < -0.39 is 10.0 Å². The van der Waals surface area contributed by atoms with Crippen LogP contribution in [-0.4, -0.2) is 14.3 Å².